The summed E-state index contributed by atoms with van der Waals surface area (Å²) in [5, 5.41) is 17.6. The Morgan fingerprint density at radius 1 is 0.977 bits per heavy atom. The molecule has 0 aliphatic heterocycles. The second-order valence-corrected chi connectivity index (χ2v) is 8.16. The van der Waals surface area contributed by atoms with Crippen LogP contribution in [0.15, 0.2) is 48.7 Å². The topological polar surface area (TPSA) is 185 Å². The molecule has 4 N–H and O–H groups in total. The highest BCUT2D eigenvalue weighted by molar-refractivity contribution is 5.82. The van der Waals surface area contributed by atoms with Crippen molar-refractivity contribution in [1.29, 1.82) is 0 Å². The molecule has 0 radical (unpaired) electrons. The number of carbonyl (C=O) groups excluding carboxylic acids is 2. The second kappa shape index (κ2) is 13.8. The van der Waals surface area contributed by atoms with Gasteiger partial charge in [0.1, 0.15) is 29.3 Å². The van der Waals surface area contributed by atoms with Gasteiger partial charge in [0, 0.05) is 24.4 Å². The maximum absolute atomic E-state index is 14.8. The molecule has 0 fully saturated rings. The van der Waals surface area contributed by atoms with Crippen LogP contribution in [0.1, 0.15) is 24.4 Å². The number of aliphatic carboxylic acids is 2. The number of fused-ring (bicyclic) bond motifs is 1. The van der Waals surface area contributed by atoms with Gasteiger partial charge in [0.05, 0.1) is 29.9 Å². The van der Waals surface area contributed by atoms with Crippen LogP contribution in [0.25, 0.3) is 22.3 Å². The van der Waals surface area contributed by atoms with Gasteiger partial charge in [-0.15, -0.1) is 0 Å². The minimum Gasteiger partial charge on any atom is -0.542 e. The van der Waals surface area contributed by atoms with Crippen molar-refractivity contribution in [2.45, 2.75) is 31.9 Å². The maximum Gasteiger partial charge on any atom is 0.430 e. The number of aromatic nitrogens is 4. The number of benzene rings is 2. The molecule has 43 heavy (non-hydrogen) atoms. The standard InChI is InChI=1S/C21H21FN6O.2C2HF3O2/c1-3-28-18-10-14(16-8-9-25-21(24)27-16)15(22)11-17(18)26-20(28)19(23)12-4-6-13(29-2)7-5-12;2*3-2(4,5)1(6)7/h4-11,19H,3,23H2,1-2H3,(H2,24,25,27);2*(H,6,7)/p-2. The third-order valence-electron chi connectivity index (χ3n) is 5.35. The Bertz CT molecular complexity index is 1550. The molecule has 1 unspecified atom stereocenters. The van der Waals surface area contributed by atoms with Crippen LogP contribution in [0.2, 0.25) is 0 Å². The Labute approximate surface area is 237 Å². The van der Waals surface area contributed by atoms with E-state index in [1.165, 1.54) is 12.3 Å². The summed E-state index contributed by atoms with van der Waals surface area (Å²) in [5.41, 5.74) is 15.1. The molecule has 0 aliphatic rings. The van der Waals surface area contributed by atoms with Gasteiger partial charge in [-0.1, -0.05) is 12.1 Å². The highest BCUT2D eigenvalue weighted by Gasteiger charge is 2.29. The van der Waals surface area contributed by atoms with E-state index < -0.39 is 36.2 Å². The largest absolute Gasteiger partial charge is 0.542 e. The van der Waals surface area contributed by atoms with Crippen molar-refractivity contribution in [2.75, 3.05) is 12.8 Å². The predicted octanol–water partition coefficient (Wildman–Crippen LogP) is 1.89. The third-order valence-corrected chi connectivity index (χ3v) is 5.35. The van der Waals surface area contributed by atoms with Gasteiger partial charge in [0.2, 0.25) is 5.95 Å². The molecule has 0 spiro atoms. The van der Waals surface area contributed by atoms with Crippen LogP contribution in [0, 0.1) is 5.82 Å². The van der Waals surface area contributed by atoms with Crippen LogP contribution in [0.5, 0.6) is 5.75 Å². The zero-order valence-electron chi connectivity index (χ0n) is 22.0. The summed E-state index contributed by atoms with van der Waals surface area (Å²) in [4.78, 5) is 30.2. The molecule has 11 nitrogen and oxygen atoms in total. The molecule has 0 amide bonds. The number of halogens is 7. The molecule has 4 aromatic rings. The molecular formula is C25H21F7N6O5-2. The minimum absolute atomic E-state index is 0.0909. The van der Waals surface area contributed by atoms with Crippen molar-refractivity contribution in [3.8, 4) is 17.0 Å². The zero-order chi connectivity index (χ0) is 32.7. The predicted molar refractivity (Wildman–Crippen MR) is 132 cm³/mol. The fourth-order valence-electron chi connectivity index (χ4n) is 3.41. The van der Waals surface area contributed by atoms with Crippen LogP contribution < -0.4 is 26.4 Å². The summed E-state index contributed by atoms with van der Waals surface area (Å²) in [7, 11) is 1.61. The first-order valence-electron chi connectivity index (χ1n) is 11.6. The van der Waals surface area contributed by atoms with Crippen molar-refractivity contribution in [2.24, 2.45) is 5.73 Å². The molecule has 2 aromatic heterocycles. The summed E-state index contributed by atoms with van der Waals surface area (Å²) in [5.74, 6) is -4.94. The smallest absolute Gasteiger partial charge is 0.430 e. The van der Waals surface area contributed by atoms with Gasteiger partial charge in [0.15, 0.2) is 0 Å². The number of aryl methyl sites for hydroxylation is 1. The number of anilines is 1. The number of carboxylic acids is 2. The van der Waals surface area contributed by atoms with Gasteiger partial charge >= 0.3 is 12.4 Å². The molecule has 0 bridgehead atoms. The van der Waals surface area contributed by atoms with Crippen molar-refractivity contribution in [1.82, 2.24) is 19.5 Å². The Balaban J connectivity index is 0.000000384. The molecule has 232 valence electrons. The van der Waals surface area contributed by atoms with Crippen molar-refractivity contribution >= 4 is 28.9 Å². The first kappa shape index (κ1) is 34.2. The average Bonchev–Trinajstić information content (AvgIpc) is 3.29. The SMILES string of the molecule is CCn1c(C(N)c2ccc(OC)cc2)nc2cc(F)c(-c3ccnc(N)n3)cc21.O=C([O-])C(F)(F)F.O=C([O-])C(F)(F)F. The fraction of sp³-hybridized carbons (Fsp3) is 0.240. The maximum atomic E-state index is 14.8. The zero-order valence-corrected chi connectivity index (χ0v) is 22.0. The number of nitrogen functional groups attached to an aromatic ring is 1. The van der Waals surface area contributed by atoms with E-state index in [2.05, 4.69) is 15.0 Å². The summed E-state index contributed by atoms with van der Waals surface area (Å²) < 4.78 is 85.1. The van der Waals surface area contributed by atoms with E-state index in [4.69, 9.17) is 36.0 Å². The number of carboxylic acid groups (broad SMARTS) is 2. The highest BCUT2D eigenvalue weighted by atomic mass is 19.4. The van der Waals surface area contributed by atoms with E-state index >= 15 is 0 Å². The molecule has 0 saturated carbocycles. The van der Waals surface area contributed by atoms with Gasteiger partial charge < -0.3 is 40.6 Å². The second-order valence-electron chi connectivity index (χ2n) is 8.16. The number of methoxy groups -OCH3 is 1. The number of ether oxygens (including phenoxy) is 1. The molecule has 2 aromatic carbocycles. The molecule has 18 heteroatoms. The van der Waals surface area contributed by atoms with Crippen molar-refractivity contribution in [3.05, 3.63) is 65.9 Å². The Morgan fingerprint density at radius 2 is 1.51 bits per heavy atom. The number of hydrogen-bond donors (Lipinski definition) is 2. The van der Waals surface area contributed by atoms with Crippen LogP contribution in [-0.2, 0) is 16.1 Å². The fourth-order valence-corrected chi connectivity index (χ4v) is 3.41. The van der Waals surface area contributed by atoms with Crippen LogP contribution in [0.3, 0.4) is 0 Å². The molecular weight excluding hydrogens is 597 g/mol. The first-order valence-corrected chi connectivity index (χ1v) is 11.6. The van der Waals surface area contributed by atoms with Gasteiger partial charge in [-0.05, 0) is 36.8 Å². The van der Waals surface area contributed by atoms with E-state index in [9.17, 15) is 30.7 Å². The van der Waals surface area contributed by atoms with E-state index in [-0.39, 0.29) is 5.95 Å². The number of alkyl halides is 6. The monoisotopic (exact) mass is 618 g/mol. The first-order chi connectivity index (χ1) is 19.9. The average molecular weight is 618 g/mol. The van der Waals surface area contributed by atoms with E-state index in [1.807, 2.05) is 35.8 Å². The lowest BCUT2D eigenvalue weighted by atomic mass is 10.1. The number of imidazole rings is 1. The third kappa shape index (κ3) is 8.99. The van der Waals surface area contributed by atoms with Gasteiger partial charge in [-0.25, -0.2) is 19.3 Å². The lowest BCUT2D eigenvalue weighted by molar-refractivity contribution is -0.344. The molecule has 2 heterocycles. The lowest BCUT2D eigenvalue weighted by Crippen LogP contribution is -2.37. The van der Waals surface area contributed by atoms with E-state index in [0.29, 0.717) is 29.1 Å². The van der Waals surface area contributed by atoms with Gasteiger partial charge in [-0.3, -0.25) is 0 Å². The van der Waals surface area contributed by atoms with Crippen LogP contribution in [-0.4, -0.2) is 50.9 Å². The molecule has 0 saturated heterocycles. The Morgan fingerprint density at radius 3 is 1.95 bits per heavy atom. The Kier molecular flexibility index (Phi) is 11.0. The molecule has 0 aliphatic carbocycles. The summed E-state index contributed by atoms with van der Waals surface area (Å²) in [6.07, 6.45) is -8.89. The number of nitrogens with two attached hydrogens (primary N) is 2. The van der Waals surface area contributed by atoms with E-state index in [1.54, 1.807) is 19.2 Å². The molecule has 4 rings (SSSR count). The highest BCUT2D eigenvalue weighted by Crippen LogP contribution is 2.30. The van der Waals surface area contributed by atoms with Crippen molar-refractivity contribution in [3.63, 3.8) is 0 Å². The summed E-state index contributed by atoms with van der Waals surface area (Å²) >= 11 is 0. The Hall–Kier alpha value is -5.00. The van der Waals surface area contributed by atoms with Crippen LogP contribution in [0.4, 0.5) is 36.7 Å². The summed E-state index contributed by atoms with van der Waals surface area (Å²) in [6, 6.07) is 11.8. The number of hydrogen-bond acceptors (Lipinski definition) is 10. The quantitative estimate of drug-likeness (QED) is 0.313. The van der Waals surface area contributed by atoms with Gasteiger partial charge in [0.25, 0.3) is 0 Å². The van der Waals surface area contributed by atoms with E-state index in [0.717, 1.165) is 16.8 Å². The van der Waals surface area contributed by atoms with Crippen molar-refractivity contribution < 1.29 is 55.3 Å². The lowest BCUT2D eigenvalue weighted by Gasteiger charge is -2.14. The number of rotatable bonds is 5. The summed E-state index contributed by atoms with van der Waals surface area (Å²) in [6.45, 7) is 2.63. The minimum atomic E-state index is -5.19. The van der Waals surface area contributed by atoms with Gasteiger partial charge in [-0.2, -0.15) is 26.3 Å². The molecule has 1 atom stereocenters. The number of carbonyl (C=O) groups is 2. The normalized spacial score (nSPS) is 12.0. The van der Waals surface area contributed by atoms with Crippen LogP contribution >= 0.6 is 0 Å². The number of nitrogens with zero attached hydrogens (tertiary/aromatic N) is 4.